The maximum absolute atomic E-state index is 12.5. The number of aryl methyl sites for hydroxylation is 1. The molecule has 0 unspecified atom stereocenters. The third kappa shape index (κ3) is 5.92. The summed E-state index contributed by atoms with van der Waals surface area (Å²) in [7, 11) is 0. The predicted molar refractivity (Wildman–Crippen MR) is 126 cm³/mol. The summed E-state index contributed by atoms with van der Waals surface area (Å²) in [5.74, 6) is -0.398. The monoisotopic (exact) mass is 434 g/mol. The van der Waals surface area contributed by atoms with Crippen molar-refractivity contribution in [3.8, 4) is 0 Å². The first-order valence-electron chi connectivity index (χ1n) is 10.6. The second-order valence-corrected chi connectivity index (χ2v) is 8.48. The van der Waals surface area contributed by atoms with Gasteiger partial charge < -0.3 is 15.5 Å². The largest absolute Gasteiger partial charge is 0.372 e. The van der Waals surface area contributed by atoms with Crippen molar-refractivity contribution in [3.05, 3.63) is 71.2 Å². The number of nitrogens with one attached hydrogen (secondary N) is 2. The maximum Gasteiger partial charge on any atom is 0.275 e. The van der Waals surface area contributed by atoms with Gasteiger partial charge in [0.25, 0.3) is 5.91 Å². The van der Waals surface area contributed by atoms with Crippen molar-refractivity contribution in [3.63, 3.8) is 0 Å². The van der Waals surface area contributed by atoms with Gasteiger partial charge in [-0.1, -0.05) is 30.3 Å². The highest BCUT2D eigenvalue weighted by Crippen LogP contribution is 2.23. The van der Waals surface area contributed by atoms with Crippen LogP contribution in [0.5, 0.6) is 0 Å². The Morgan fingerprint density at radius 3 is 2.42 bits per heavy atom. The fraction of sp³-hybridized carbons (Fsp3) is 0.292. The zero-order valence-electron chi connectivity index (χ0n) is 17.3. The zero-order chi connectivity index (χ0) is 21.5. The summed E-state index contributed by atoms with van der Waals surface area (Å²) in [6.45, 7) is 2.18. The lowest BCUT2D eigenvalue weighted by molar-refractivity contribution is -0.116. The van der Waals surface area contributed by atoms with Gasteiger partial charge in [0.05, 0.1) is 0 Å². The van der Waals surface area contributed by atoms with Crippen molar-refractivity contribution in [2.75, 3.05) is 28.6 Å². The van der Waals surface area contributed by atoms with Crippen LogP contribution >= 0.6 is 11.3 Å². The fourth-order valence-electron chi connectivity index (χ4n) is 3.62. The third-order valence-corrected chi connectivity index (χ3v) is 6.07. The molecule has 160 valence electrons. The van der Waals surface area contributed by atoms with Crippen LogP contribution in [0, 0.1) is 0 Å². The van der Waals surface area contributed by atoms with Gasteiger partial charge in [-0.2, -0.15) is 0 Å². The lowest BCUT2D eigenvalue weighted by Gasteiger charge is -2.28. The van der Waals surface area contributed by atoms with Crippen LogP contribution in [0.25, 0.3) is 0 Å². The van der Waals surface area contributed by atoms with Gasteiger partial charge in [0, 0.05) is 36.3 Å². The smallest absolute Gasteiger partial charge is 0.275 e. The number of hydrogen-bond donors (Lipinski definition) is 2. The molecule has 2 heterocycles. The summed E-state index contributed by atoms with van der Waals surface area (Å²) >= 11 is 1.25. The van der Waals surface area contributed by atoms with Crippen LogP contribution in [0.15, 0.2) is 60.0 Å². The normalized spacial score (nSPS) is 13.6. The molecule has 0 bridgehead atoms. The molecule has 6 nitrogen and oxygen atoms in total. The maximum atomic E-state index is 12.5. The fourth-order valence-corrected chi connectivity index (χ4v) is 4.33. The number of rotatable bonds is 7. The van der Waals surface area contributed by atoms with E-state index in [0.717, 1.165) is 24.3 Å². The van der Waals surface area contributed by atoms with Crippen molar-refractivity contribution < 1.29 is 9.59 Å². The molecule has 0 saturated carbocycles. The number of anilines is 3. The summed E-state index contributed by atoms with van der Waals surface area (Å²) in [6, 6.07) is 17.8. The Bertz CT molecular complexity index is 1010. The van der Waals surface area contributed by atoms with Crippen LogP contribution in [0.2, 0.25) is 0 Å². The Balaban J connectivity index is 1.28. The zero-order valence-corrected chi connectivity index (χ0v) is 18.2. The number of carbonyl (C=O) groups excluding carboxylic acids is 2. The van der Waals surface area contributed by atoms with Gasteiger partial charge >= 0.3 is 0 Å². The molecule has 0 spiro atoms. The van der Waals surface area contributed by atoms with Crippen LogP contribution in [0.3, 0.4) is 0 Å². The first kappa shape index (κ1) is 21.1. The van der Waals surface area contributed by atoms with Crippen LogP contribution in [-0.2, 0) is 11.2 Å². The minimum atomic E-state index is -0.285. The van der Waals surface area contributed by atoms with Crippen molar-refractivity contribution >= 4 is 39.7 Å². The minimum absolute atomic E-state index is 0.113. The van der Waals surface area contributed by atoms with Gasteiger partial charge in [-0.25, -0.2) is 4.98 Å². The number of piperidine rings is 1. The molecule has 1 aromatic heterocycles. The topological polar surface area (TPSA) is 74.3 Å². The van der Waals surface area contributed by atoms with E-state index < -0.39 is 0 Å². The van der Waals surface area contributed by atoms with E-state index in [1.54, 1.807) is 5.38 Å². The Labute approximate surface area is 186 Å². The Morgan fingerprint density at radius 1 is 0.935 bits per heavy atom. The summed E-state index contributed by atoms with van der Waals surface area (Å²) in [5, 5.41) is 7.74. The van der Waals surface area contributed by atoms with E-state index in [0.29, 0.717) is 23.7 Å². The molecule has 1 fully saturated rings. The number of amides is 2. The highest BCUT2D eigenvalue weighted by Gasteiger charge is 2.14. The van der Waals surface area contributed by atoms with E-state index in [4.69, 9.17) is 0 Å². The van der Waals surface area contributed by atoms with Crippen LogP contribution in [0.4, 0.5) is 16.5 Å². The van der Waals surface area contributed by atoms with Crippen molar-refractivity contribution in [2.45, 2.75) is 32.1 Å². The summed E-state index contributed by atoms with van der Waals surface area (Å²) in [5.41, 5.74) is 3.32. The van der Waals surface area contributed by atoms with Gasteiger partial charge in [-0.3, -0.25) is 9.59 Å². The van der Waals surface area contributed by atoms with E-state index in [9.17, 15) is 9.59 Å². The Morgan fingerprint density at radius 2 is 1.68 bits per heavy atom. The first-order valence-corrected chi connectivity index (χ1v) is 11.5. The molecule has 1 saturated heterocycles. The molecule has 0 atom stereocenters. The van der Waals surface area contributed by atoms with Gasteiger partial charge in [-0.05, 0) is 55.5 Å². The molecule has 2 N–H and O–H groups in total. The summed E-state index contributed by atoms with van der Waals surface area (Å²) in [4.78, 5) is 31.3. The molecule has 1 aliphatic rings. The van der Waals surface area contributed by atoms with E-state index in [2.05, 4.69) is 20.5 Å². The Hall–Kier alpha value is -3.19. The van der Waals surface area contributed by atoms with Crippen molar-refractivity contribution in [2.24, 2.45) is 0 Å². The van der Waals surface area contributed by atoms with E-state index >= 15 is 0 Å². The number of carbonyl (C=O) groups is 2. The van der Waals surface area contributed by atoms with Crippen LogP contribution < -0.4 is 15.5 Å². The first-order chi connectivity index (χ1) is 15.2. The average molecular weight is 435 g/mol. The molecule has 1 aliphatic heterocycles. The molecule has 2 amide bonds. The number of thiazole rings is 1. The Kier molecular flexibility index (Phi) is 6.94. The molecule has 0 aliphatic carbocycles. The standard InChI is InChI=1S/C24H26N4O2S/c29-22(14-9-18-7-3-1-4-8-18)27-24-26-21(17-31-24)23(30)25-19-10-12-20(13-11-19)28-15-5-2-6-16-28/h1,3-4,7-8,10-13,17H,2,5-6,9,14-16H2,(H,25,30)(H,26,27,29). The lowest BCUT2D eigenvalue weighted by Crippen LogP contribution is -2.29. The minimum Gasteiger partial charge on any atom is -0.372 e. The number of aromatic nitrogens is 1. The molecular weight excluding hydrogens is 408 g/mol. The molecule has 7 heteroatoms. The lowest BCUT2D eigenvalue weighted by atomic mass is 10.1. The number of hydrogen-bond acceptors (Lipinski definition) is 5. The van der Waals surface area contributed by atoms with E-state index in [1.165, 1.54) is 36.3 Å². The van der Waals surface area contributed by atoms with E-state index in [1.807, 2.05) is 54.6 Å². The highest BCUT2D eigenvalue weighted by molar-refractivity contribution is 7.14. The molecular formula is C24H26N4O2S. The van der Waals surface area contributed by atoms with Gasteiger partial charge in [-0.15, -0.1) is 11.3 Å². The van der Waals surface area contributed by atoms with Gasteiger partial charge in [0.2, 0.25) is 5.91 Å². The number of benzene rings is 2. The van der Waals surface area contributed by atoms with Crippen LogP contribution in [0.1, 0.15) is 41.7 Å². The van der Waals surface area contributed by atoms with Gasteiger partial charge in [0.1, 0.15) is 5.69 Å². The predicted octanol–water partition coefficient (Wildman–Crippen LogP) is 4.96. The average Bonchev–Trinajstić information content (AvgIpc) is 3.28. The molecule has 3 aromatic rings. The van der Waals surface area contributed by atoms with Gasteiger partial charge in [0.15, 0.2) is 5.13 Å². The van der Waals surface area contributed by atoms with Crippen molar-refractivity contribution in [1.82, 2.24) is 4.98 Å². The molecule has 4 rings (SSSR count). The highest BCUT2D eigenvalue weighted by atomic mass is 32.1. The second-order valence-electron chi connectivity index (χ2n) is 7.62. The molecule has 2 aromatic carbocycles. The SMILES string of the molecule is O=C(CCc1ccccc1)Nc1nc(C(=O)Nc2ccc(N3CCCCC3)cc2)cs1. The van der Waals surface area contributed by atoms with Crippen LogP contribution in [-0.4, -0.2) is 29.9 Å². The number of nitrogens with zero attached hydrogens (tertiary/aromatic N) is 2. The molecule has 31 heavy (non-hydrogen) atoms. The second kappa shape index (κ2) is 10.2. The van der Waals surface area contributed by atoms with Crippen molar-refractivity contribution in [1.29, 1.82) is 0 Å². The summed E-state index contributed by atoms with van der Waals surface area (Å²) < 4.78 is 0. The van der Waals surface area contributed by atoms with E-state index in [-0.39, 0.29) is 11.8 Å². The molecule has 0 radical (unpaired) electrons. The summed E-state index contributed by atoms with van der Waals surface area (Å²) in [6.07, 6.45) is 4.79. The third-order valence-electron chi connectivity index (χ3n) is 5.31. The quantitative estimate of drug-likeness (QED) is 0.551.